The number of anilines is 1. The smallest absolute Gasteiger partial charge is 0.276 e. The monoisotopic (exact) mass is 379 g/mol. The standard InChI is InChI=1S/C23H29N3O2/c1-3-26(20-12-8-9-17(2)15-20)23(28)21-16-18(13-14-24-21)22(27)25-19-10-6-4-5-7-11-19/h8-9,12-16,19H,3-7,10-11H2,1-2H3,(H,25,27). The molecule has 0 unspecified atom stereocenters. The lowest BCUT2D eigenvalue weighted by Crippen LogP contribution is -2.35. The first-order valence-corrected chi connectivity index (χ1v) is 10.2. The van der Waals surface area contributed by atoms with Crippen molar-refractivity contribution in [2.24, 2.45) is 0 Å². The zero-order chi connectivity index (χ0) is 19.9. The van der Waals surface area contributed by atoms with Crippen LogP contribution in [0.4, 0.5) is 5.69 Å². The topological polar surface area (TPSA) is 62.3 Å². The Morgan fingerprint density at radius 3 is 2.54 bits per heavy atom. The molecule has 5 nitrogen and oxygen atoms in total. The van der Waals surface area contributed by atoms with Gasteiger partial charge in [0, 0.05) is 30.0 Å². The molecule has 1 N–H and O–H groups in total. The largest absolute Gasteiger partial charge is 0.349 e. The maximum Gasteiger partial charge on any atom is 0.276 e. The van der Waals surface area contributed by atoms with Crippen LogP contribution >= 0.6 is 0 Å². The van der Waals surface area contributed by atoms with Crippen molar-refractivity contribution in [2.45, 2.75) is 58.4 Å². The lowest BCUT2D eigenvalue weighted by molar-refractivity contribution is 0.0933. The molecular formula is C23H29N3O2. The number of amides is 2. The van der Waals surface area contributed by atoms with Crippen molar-refractivity contribution in [1.82, 2.24) is 10.3 Å². The summed E-state index contributed by atoms with van der Waals surface area (Å²) in [6, 6.07) is 11.3. The summed E-state index contributed by atoms with van der Waals surface area (Å²) >= 11 is 0. The van der Waals surface area contributed by atoms with Crippen LogP contribution < -0.4 is 10.2 Å². The van der Waals surface area contributed by atoms with Gasteiger partial charge in [0.15, 0.2) is 0 Å². The second-order valence-electron chi connectivity index (χ2n) is 7.48. The molecule has 0 radical (unpaired) electrons. The van der Waals surface area contributed by atoms with E-state index in [-0.39, 0.29) is 23.6 Å². The first kappa shape index (κ1) is 20.1. The van der Waals surface area contributed by atoms with Gasteiger partial charge in [-0.3, -0.25) is 14.6 Å². The Balaban J connectivity index is 1.75. The number of hydrogen-bond donors (Lipinski definition) is 1. The van der Waals surface area contributed by atoms with E-state index in [0.717, 1.165) is 36.9 Å². The van der Waals surface area contributed by atoms with E-state index in [1.165, 1.54) is 12.8 Å². The third-order valence-electron chi connectivity index (χ3n) is 5.31. The number of benzene rings is 1. The summed E-state index contributed by atoms with van der Waals surface area (Å²) in [4.78, 5) is 31.6. The van der Waals surface area contributed by atoms with Crippen molar-refractivity contribution in [3.63, 3.8) is 0 Å². The number of rotatable bonds is 5. The maximum absolute atomic E-state index is 13.0. The third kappa shape index (κ3) is 4.97. The van der Waals surface area contributed by atoms with Crippen LogP contribution in [0.15, 0.2) is 42.6 Å². The SMILES string of the molecule is CCN(C(=O)c1cc(C(=O)NC2CCCCCC2)ccn1)c1cccc(C)c1. The van der Waals surface area contributed by atoms with E-state index in [1.54, 1.807) is 23.2 Å². The predicted octanol–water partition coefficient (Wildman–Crippen LogP) is 4.51. The van der Waals surface area contributed by atoms with E-state index in [4.69, 9.17) is 0 Å². The molecule has 1 aromatic heterocycles. The molecule has 1 aromatic carbocycles. The molecule has 0 aliphatic heterocycles. The van der Waals surface area contributed by atoms with Gasteiger partial charge in [-0.1, -0.05) is 37.8 Å². The van der Waals surface area contributed by atoms with Crippen molar-refractivity contribution in [3.8, 4) is 0 Å². The normalized spacial score (nSPS) is 14.9. The molecule has 148 valence electrons. The van der Waals surface area contributed by atoms with Gasteiger partial charge in [0.25, 0.3) is 11.8 Å². The lowest BCUT2D eigenvalue weighted by atomic mass is 10.1. The fourth-order valence-electron chi connectivity index (χ4n) is 3.76. The van der Waals surface area contributed by atoms with Gasteiger partial charge >= 0.3 is 0 Å². The van der Waals surface area contributed by atoms with Crippen molar-refractivity contribution in [2.75, 3.05) is 11.4 Å². The molecule has 28 heavy (non-hydrogen) atoms. The van der Waals surface area contributed by atoms with E-state index < -0.39 is 0 Å². The first-order chi connectivity index (χ1) is 13.6. The summed E-state index contributed by atoms with van der Waals surface area (Å²) < 4.78 is 0. The molecule has 0 bridgehead atoms. The Morgan fingerprint density at radius 2 is 1.86 bits per heavy atom. The molecule has 2 amide bonds. The second kappa shape index (κ2) is 9.49. The van der Waals surface area contributed by atoms with Crippen molar-refractivity contribution >= 4 is 17.5 Å². The van der Waals surface area contributed by atoms with Crippen LogP contribution in [-0.2, 0) is 0 Å². The number of nitrogens with zero attached hydrogens (tertiary/aromatic N) is 2. The fourth-order valence-corrected chi connectivity index (χ4v) is 3.76. The summed E-state index contributed by atoms with van der Waals surface area (Å²) in [6.45, 7) is 4.46. The predicted molar refractivity (Wildman–Crippen MR) is 112 cm³/mol. The van der Waals surface area contributed by atoms with Crippen molar-refractivity contribution in [3.05, 3.63) is 59.4 Å². The van der Waals surface area contributed by atoms with Gasteiger partial charge in [-0.05, 0) is 56.5 Å². The highest BCUT2D eigenvalue weighted by Gasteiger charge is 2.20. The highest BCUT2D eigenvalue weighted by atomic mass is 16.2. The molecule has 1 aliphatic rings. The lowest BCUT2D eigenvalue weighted by Gasteiger charge is -2.21. The first-order valence-electron chi connectivity index (χ1n) is 10.2. The van der Waals surface area contributed by atoms with Crippen LogP contribution in [0.2, 0.25) is 0 Å². The van der Waals surface area contributed by atoms with Crippen LogP contribution in [-0.4, -0.2) is 29.4 Å². The summed E-state index contributed by atoms with van der Waals surface area (Å²) in [7, 11) is 0. The molecule has 0 atom stereocenters. The van der Waals surface area contributed by atoms with Gasteiger partial charge in [-0.15, -0.1) is 0 Å². The molecule has 0 spiro atoms. The quantitative estimate of drug-likeness (QED) is 0.778. The van der Waals surface area contributed by atoms with Crippen LogP contribution in [0, 0.1) is 6.92 Å². The summed E-state index contributed by atoms with van der Waals surface area (Å²) in [5.41, 5.74) is 2.70. The highest BCUT2D eigenvalue weighted by molar-refractivity contribution is 6.06. The minimum absolute atomic E-state index is 0.123. The zero-order valence-corrected chi connectivity index (χ0v) is 16.8. The third-order valence-corrected chi connectivity index (χ3v) is 5.31. The number of aromatic nitrogens is 1. The van der Waals surface area contributed by atoms with E-state index in [2.05, 4.69) is 10.3 Å². The molecule has 0 saturated heterocycles. The van der Waals surface area contributed by atoms with Crippen molar-refractivity contribution in [1.29, 1.82) is 0 Å². The Kier molecular flexibility index (Phi) is 6.80. The zero-order valence-electron chi connectivity index (χ0n) is 16.8. The van der Waals surface area contributed by atoms with E-state index in [9.17, 15) is 9.59 Å². The van der Waals surface area contributed by atoms with Gasteiger partial charge in [-0.25, -0.2) is 0 Å². The molecule has 3 rings (SSSR count). The number of pyridine rings is 1. The van der Waals surface area contributed by atoms with Crippen molar-refractivity contribution < 1.29 is 9.59 Å². The maximum atomic E-state index is 13.0. The van der Waals surface area contributed by atoms with Gasteiger partial charge in [0.05, 0.1) is 0 Å². The summed E-state index contributed by atoms with van der Waals surface area (Å²) in [6.07, 6.45) is 8.40. The average Bonchev–Trinajstić information content (AvgIpc) is 2.97. The number of carbonyl (C=O) groups is 2. The molecule has 1 heterocycles. The van der Waals surface area contributed by atoms with E-state index >= 15 is 0 Å². The summed E-state index contributed by atoms with van der Waals surface area (Å²) in [5.74, 6) is -0.320. The van der Waals surface area contributed by atoms with Gasteiger partial charge in [0.2, 0.25) is 0 Å². The van der Waals surface area contributed by atoms with Crippen LogP contribution in [0.3, 0.4) is 0 Å². The number of aryl methyl sites for hydroxylation is 1. The molecule has 1 saturated carbocycles. The fraction of sp³-hybridized carbons (Fsp3) is 0.435. The second-order valence-corrected chi connectivity index (χ2v) is 7.48. The molecule has 1 fully saturated rings. The summed E-state index contributed by atoms with van der Waals surface area (Å²) in [5, 5.41) is 3.13. The molecule has 2 aromatic rings. The Morgan fingerprint density at radius 1 is 1.11 bits per heavy atom. The van der Waals surface area contributed by atoms with Crippen LogP contribution in [0.5, 0.6) is 0 Å². The van der Waals surface area contributed by atoms with E-state index in [0.29, 0.717) is 12.1 Å². The van der Waals surface area contributed by atoms with E-state index in [1.807, 2.05) is 38.1 Å². The number of carbonyl (C=O) groups excluding carboxylic acids is 2. The van der Waals surface area contributed by atoms with Crippen LogP contribution in [0.25, 0.3) is 0 Å². The minimum atomic E-state index is -0.197. The molecular weight excluding hydrogens is 350 g/mol. The number of hydrogen-bond acceptors (Lipinski definition) is 3. The van der Waals surface area contributed by atoms with Gasteiger partial charge in [-0.2, -0.15) is 0 Å². The average molecular weight is 380 g/mol. The van der Waals surface area contributed by atoms with Crippen LogP contribution in [0.1, 0.15) is 71.9 Å². The minimum Gasteiger partial charge on any atom is -0.349 e. The van der Waals surface area contributed by atoms with Gasteiger partial charge in [0.1, 0.15) is 5.69 Å². The Hall–Kier alpha value is -2.69. The molecule has 1 aliphatic carbocycles. The highest BCUT2D eigenvalue weighted by Crippen LogP contribution is 2.20. The molecule has 5 heteroatoms. The van der Waals surface area contributed by atoms with Gasteiger partial charge < -0.3 is 10.2 Å². The Bertz CT molecular complexity index is 826. The Labute approximate surface area is 167 Å². The number of nitrogens with one attached hydrogen (secondary N) is 1.